The second kappa shape index (κ2) is 8.02. The molecule has 8 heteroatoms. The number of methoxy groups -OCH3 is 2. The van der Waals surface area contributed by atoms with Crippen LogP contribution in [-0.4, -0.2) is 66.8 Å². The van der Waals surface area contributed by atoms with Crippen LogP contribution in [0, 0.1) is 6.92 Å². The zero-order chi connectivity index (χ0) is 18.7. The minimum absolute atomic E-state index is 0.0127. The number of rotatable bonds is 6. The molecule has 0 radical (unpaired) electrons. The highest BCUT2D eigenvalue weighted by Crippen LogP contribution is 2.42. The smallest absolute Gasteiger partial charge is 0.246 e. The molecule has 144 valence electrons. The summed E-state index contributed by atoms with van der Waals surface area (Å²) in [6.45, 7) is 2.69. The minimum atomic E-state index is -0.296. The van der Waals surface area contributed by atoms with Crippen molar-refractivity contribution in [3.8, 4) is 0 Å². The van der Waals surface area contributed by atoms with Crippen molar-refractivity contribution in [1.82, 2.24) is 15.2 Å². The number of carbonyl (C=O) groups excluding carboxylic acids is 2. The van der Waals surface area contributed by atoms with Crippen molar-refractivity contribution >= 4 is 23.2 Å². The van der Waals surface area contributed by atoms with Crippen molar-refractivity contribution in [3.05, 3.63) is 16.1 Å². The third kappa shape index (κ3) is 3.92. The maximum atomic E-state index is 12.9. The number of carbonyl (C=O) groups is 2. The Morgan fingerprint density at radius 1 is 1.42 bits per heavy atom. The Kier molecular flexibility index (Phi) is 5.94. The van der Waals surface area contributed by atoms with Crippen molar-refractivity contribution in [2.45, 2.75) is 56.7 Å². The Bertz CT molecular complexity index is 665. The number of nitrogens with zero attached hydrogens (tertiary/aromatic N) is 2. The quantitative estimate of drug-likeness (QED) is 0.803. The maximum Gasteiger partial charge on any atom is 0.246 e. The van der Waals surface area contributed by atoms with Crippen molar-refractivity contribution in [3.63, 3.8) is 0 Å². The maximum absolute atomic E-state index is 12.9. The number of aromatic nitrogens is 1. The molecule has 1 saturated carbocycles. The molecule has 0 spiro atoms. The van der Waals surface area contributed by atoms with Gasteiger partial charge in [0.25, 0.3) is 0 Å². The summed E-state index contributed by atoms with van der Waals surface area (Å²) in [5.74, 6) is -0.0284. The van der Waals surface area contributed by atoms with Gasteiger partial charge in [-0.1, -0.05) is 0 Å². The molecule has 1 saturated heterocycles. The van der Waals surface area contributed by atoms with Gasteiger partial charge in [-0.25, -0.2) is 4.98 Å². The van der Waals surface area contributed by atoms with E-state index >= 15 is 0 Å². The first-order valence-electron chi connectivity index (χ1n) is 9.01. The zero-order valence-electron chi connectivity index (χ0n) is 15.6. The molecule has 0 unspecified atom stereocenters. The number of thiazole rings is 1. The number of nitrogens with one attached hydrogen (secondary N) is 1. The number of likely N-dealkylation sites (tertiary alicyclic amines) is 1. The molecule has 2 aliphatic rings. The molecule has 3 rings (SSSR count). The van der Waals surface area contributed by atoms with E-state index in [0.717, 1.165) is 30.0 Å². The van der Waals surface area contributed by atoms with Crippen molar-refractivity contribution in [1.29, 1.82) is 0 Å². The van der Waals surface area contributed by atoms with E-state index in [2.05, 4.69) is 10.3 Å². The molecule has 1 N–H and O–H groups in total. The van der Waals surface area contributed by atoms with Crippen molar-refractivity contribution < 1.29 is 19.1 Å². The second-order valence-electron chi connectivity index (χ2n) is 7.13. The van der Waals surface area contributed by atoms with Crippen LogP contribution in [0.4, 0.5) is 0 Å². The number of ether oxygens (including phenoxy) is 2. The van der Waals surface area contributed by atoms with Gasteiger partial charge < -0.3 is 19.7 Å². The molecule has 2 fully saturated rings. The highest BCUT2D eigenvalue weighted by atomic mass is 32.1. The molecule has 7 nitrogen and oxygen atoms in total. The molecule has 1 aliphatic carbocycles. The molecule has 1 aromatic rings. The summed E-state index contributed by atoms with van der Waals surface area (Å²) in [4.78, 5) is 31.1. The van der Waals surface area contributed by atoms with Gasteiger partial charge in [-0.2, -0.15) is 0 Å². The van der Waals surface area contributed by atoms with Crippen LogP contribution in [0.25, 0.3) is 0 Å². The van der Waals surface area contributed by atoms with Crippen LogP contribution < -0.4 is 5.32 Å². The summed E-state index contributed by atoms with van der Waals surface area (Å²) in [6, 6.07) is 0.0298. The highest BCUT2D eigenvalue weighted by molar-refractivity contribution is 7.09. The Hall–Kier alpha value is -1.51. The average Bonchev–Trinajstić information content (AvgIpc) is 3.18. The van der Waals surface area contributed by atoms with Crippen LogP contribution in [-0.2, 0) is 25.5 Å². The van der Waals surface area contributed by atoms with Gasteiger partial charge in [0.2, 0.25) is 11.8 Å². The third-order valence-corrected chi connectivity index (χ3v) is 6.37. The molecule has 2 heterocycles. The first-order valence-corrected chi connectivity index (χ1v) is 9.89. The van der Waals surface area contributed by atoms with Gasteiger partial charge in [0.1, 0.15) is 6.61 Å². The standard InChI is InChI=1S/C18H27N3O4S/c1-12-19-14(11-26-12)9-17(23)21-7-6-18(25-3)5-4-13(8-15(18)21)20-16(22)10-24-2/h11,13,15H,4-10H2,1-3H3,(H,20,22)/t13-,15+,18-/m1/s1. The number of hydrogen-bond donors (Lipinski definition) is 1. The average molecular weight is 381 g/mol. The van der Waals surface area contributed by atoms with Crippen LogP contribution >= 0.6 is 11.3 Å². The van der Waals surface area contributed by atoms with Gasteiger partial charge in [0, 0.05) is 32.2 Å². The van der Waals surface area contributed by atoms with Crippen molar-refractivity contribution in [2.24, 2.45) is 0 Å². The summed E-state index contributed by atoms with van der Waals surface area (Å²) < 4.78 is 10.8. The summed E-state index contributed by atoms with van der Waals surface area (Å²) in [5, 5.41) is 5.94. The molecule has 1 aromatic heterocycles. The lowest BCUT2D eigenvalue weighted by Crippen LogP contribution is -2.56. The fourth-order valence-electron chi connectivity index (χ4n) is 4.27. The Labute approximate surface area is 158 Å². The van der Waals surface area contributed by atoms with E-state index in [4.69, 9.17) is 9.47 Å². The van der Waals surface area contributed by atoms with Gasteiger partial charge >= 0.3 is 0 Å². The van der Waals surface area contributed by atoms with Crippen LogP contribution in [0.1, 0.15) is 36.4 Å². The number of hydrogen-bond acceptors (Lipinski definition) is 6. The van der Waals surface area contributed by atoms with Crippen LogP contribution in [0.15, 0.2) is 5.38 Å². The minimum Gasteiger partial charge on any atom is -0.376 e. The predicted molar refractivity (Wildman–Crippen MR) is 98.1 cm³/mol. The molecule has 0 aromatic carbocycles. The molecule has 26 heavy (non-hydrogen) atoms. The van der Waals surface area contributed by atoms with Gasteiger partial charge in [-0.15, -0.1) is 11.3 Å². The highest BCUT2D eigenvalue weighted by Gasteiger charge is 2.52. The van der Waals surface area contributed by atoms with Gasteiger partial charge in [-0.3, -0.25) is 9.59 Å². The fraction of sp³-hybridized carbons (Fsp3) is 0.722. The number of aryl methyl sites for hydroxylation is 1. The molecular weight excluding hydrogens is 354 g/mol. The molecular formula is C18H27N3O4S. The first-order chi connectivity index (χ1) is 12.5. The van der Waals surface area contributed by atoms with Crippen LogP contribution in [0.2, 0.25) is 0 Å². The van der Waals surface area contributed by atoms with Gasteiger partial charge in [0.05, 0.1) is 28.8 Å². The fourth-order valence-corrected chi connectivity index (χ4v) is 4.88. The summed E-state index contributed by atoms with van der Waals surface area (Å²) >= 11 is 1.56. The van der Waals surface area contributed by atoms with Gasteiger partial charge in [0.15, 0.2) is 0 Å². The Morgan fingerprint density at radius 2 is 2.23 bits per heavy atom. The molecule has 1 aliphatic heterocycles. The van der Waals surface area contributed by atoms with E-state index in [1.54, 1.807) is 18.4 Å². The first kappa shape index (κ1) is 19.3. The van der Waals surface area contributed by atoms with E-state index in [-0.39, 0.29) is 36.1 Å². The van der Waals surface area contributed by atoms with E-state index < -0.39 is 0 Å². The topological polar surface area (TPSA) is 80.8 Å². The van der Waals surface area contributed by atoms with Crippen LogP contribution in [0.5, 0.6) is 0 Å². The normalized spacial score (nSPS) is 28.0. The summed E-state index contributed by atoms with van der Waals surface area (Å²) in [5.41, 5.74) is 0.532. The largest absolute Gasteiger partial charge is 0.376 e. The Morgan fingerprint density at radius 3 is 2.88 bits per heavy atom. The SMILES string of the molecule is COCC(=O)N[C@@H]1CC[C@@]2(OC)CCN(C(=O)Cc3csc(C)n3)[C@H]2C1. The van der Waals surface area contributed by atoms with E-state index in [0.29, 0.717) is 19.4 Å². The molecule has 2 amide bonds. The molecule has 3 atom stereocenters. The van der Waals surface area contributed by atoms with E-state index in [1.807, 2.05) is 17.2 Å². The molecule has 0 bridgehead atoms. The Balaban J connectivity index is 1.69. The van der Waals surface area contributed by atoms with Gasteiger partial charge in [-0.05, 0) is 32.6 Å². The van der Waals surface area contributed by atoms with Crippen molar-refractivity contribution in [2.75, 3.05) is 27.4 Å². The number of amides is 2. The monoisotopic (exact) mass is 381 g/mol. The number of fused-ring (bicyclic) bond motifs is 1. The lowest BCUT2D eigenvalue weighted by Gasteiger charge is -2.43. The van der Waals surface area contributed by atoms with Crippen LogP contribution in [0.3, 0.4) is 0 Å². The zero-order valence-corrected chi connectivity index (χ0v) is 16.4. The summed E-state index contributed by atoms with van der Waals surface area (Å²) in [6.07, 6.45) is 3.57. The lowest BCUT2D eigenvalue weighted by molar-refractivity contribution is -0.137. The van der Waals surface area contributed by atoms with E-state index in [1.165, 1.54) is 7.11 Å². The second-order valence-corrected chi connectivity index (χ2v) is 8.19. The third-order valence-electron chi connectivity index (χ3n) is 5.55. The lowest BCUT2D eigenvalue weighted by atomic mass is 9.78. The summed E-state index contributed by atoms with van der Waals surface area (Å²) in [7, 11) is 3.24. The van der Waals surface area contributed by atoms with E-state index in [9.17, 15) is 9.59 Å². The predicted octanol–water partition coefficient (Wildman–Crippen LogP) is 1.30.